The molecular formula is C12H21NO9. The maximum absolute atomic E-state index is 11.3. The zero-order valence-electron chi connectivity index (χ0n) is 12.2. The van der Waals surface area contributed by atoms with Crippen LogP contribution in [-0.2, 0) is 19.1 Å². The van der Waals surface area contributed by atoms with Crippen molar-refractivity contribution in [3.05, 3.63) is 0 Å². The third-order valence-electron chi connectivity index (χ3n) is 3.52. The fourth-order valence-electron chi connectivity index (χ4n) is 2.34. The number of aliphatic carboxylic acids is 1. The highest BCUT2D eigenvalue weighted by atomic mass is 16.7. The Morgan fingerprint density at radius 3 is 2.45 bits per heavy atom. The molecule has 22 heavy (non-hydrogen) atoms. The summed E-state index contributed by atoms with van der Waals surface area (Å²) in [6.07, 6.45) is -6.84. The molecule has 1 unspecified atom stereocenters. The van der Waals surface area contributed by atoms with Crippen LogP contribution in [-0.4, -0.2) is 87.4 Å². The van der Waals surface area contributed by atoms with Gasteiger partial charge in [0.1, 0.15) is 18.3 Å². The highest BCUT2D eigenvalue weighted by Crippen LogP contribution is 2.32. The number of amides is 1. The molecule has 0 bridgehead atoms. The van der Waals surface area contributed by atoms with Gasteiger partial charge >= 0.3 is 5.97 Å². The van der Waals surface area contributed by atoms with E-state index in [-0.39, 0.29) is 0 Å². The zero-order chi connectivity index (χ0) is 17.1. The Balaban J connectivity index is 3.14. The molecular weight excluding hydrogens is 302 g/mol. The first-order chi connectivity index (χ1) is 10.2. The zero-order valence-corrected chi connectivity index (χ0v) is 12.2. The normalized spacial score (nSPS) is 34.7. The predicted molar refractivity (Wildman–Crippen MR) is 69.6 cm³/mol. The minimum atomic E-state index is -2.24. The molecule has 128 valence electrons. The molecule has 1 heterocycles. The van der Waals surface area contributed by atoms with Crippen LogP contribution in [0.2, 0.25) is 0 Å². The van der Waals surface area contributed by atoms with Gasteiger partial charge in [0, 0.05) is 20.5 Å². The summed E-state index contributed by atoms with van der Waals surface area (Å²) in [5.41, 5.74) is 0. The van der Waals surface area contributed by atoms with Gasteiger partial charge in [-0.05, 0) is 0 Å². The molecule has 6 N–H and O–H groups in total. The monoisotopic (exact) mass is 323 g/mol. The average molecular weight is 323 g/mol. The number of aliphatic hydroxyl groups is 4. The van der Waals surface area contributed by atoms with Crippen LogP contribution in [0.15, 0.2) is 0 Å². The van der Waals surface area contributed by atoms with E-state index in [9.17, 15) is 30.0 Å². The minimum absolute atomic E-state index is 0.498. The molecule has 0 aromatic carbocycles. The summed E-state index contributed by atoms with van der Waals surface area (Å²) in [4.78, 5) is 22.6. The van der Waals surface area contributed by atoms with Crippen molar-refractivity contribution in [2.75, 3.05) is 13.7 Å². The fourth-order valence-corrected chi connectivity index (χ4v) is 2.34. The maximum Gasteiger partial charge on any atom is 0.364 e. The highest BCUT2D eigenvalue weighted by molar-refractivity contribution is 5.76. The molecule has 1 rings (SSSR count). The maximum atomic E-state index is 11.3. The van der Waals surface area contributed by atoms with Crippen LogP contribution in [0.3, 0.4) is 0 Å². The molecule has 0 saturated carbocycles. The van der Waals surface area contributed by atoms with E-state index < -0.39 is 61.1 Å². The number of nitrogens with one attached hydrogen (secondary N) is 1. The number of hydrogen-bond acceptors (Lipinski definition) is 8. The second-order valence-corrected chi connectivity index (χ2v) is 5.08. The standard InChI is InChI=1S/C12H21NO9/c1-5(15)13-8-6(16)3-12(21-2,11(19)20)22-10(8)9(18)7(17)4-14/h6-10,14,16-18H,3-4H2,1-2H3,(H,13,15)(H,19,20)/t6-,7+,8+,9+,10+,12?/m0/s1. The number of methoxy groups -OCH3 is 1. The van der Waals surface area contributed by atoms with Gasteiger partial charge in [-0.2, -0.15) is 0 Å². The molecule has 1 aliphatic rings. The summed E-state index contributed by atoms with van der Waals surface area (Å²) in [7, 11) is 1.05. The molecule has 10 nitrogen and oxygen atoms in total. The quantitative estimate of drug-likeness (QED) is 0.295. The van der Waals surface area contributed by atoms with Gasteiger partial charge in [0.25, 0.3) is 5.79 Å². The van der Waals surface area contributed by atoms with Crippen molar-refractivity contribution in [2.24, 2.45) is 0 Å². The molecule has 1 aliphatic heterocycles. The van der Waals surface area contributed by atoms with Crippen LogP contribution >= 0.6 is 0 Å². The molecule has 1 saturated heterocycles. The number of carboxylic acid groups (broad SMARTS) is 1. The minimum Gasteiger partial charge on any atom is -0.477 e. The van der Waals surface area contributed by atoms with E-state index >= 15 is 0 Å². The van der Waals surface area contributed by atoms with Crippen LogP contribution < -0.4 is 5.32 Å². The van der Waals surface area contributed by atoms with E-state index in [1.165, 1.54) is 0 Å². The van der Waals surface area contributed by atoms with Crippen LogP contribution in [0.5, 0.6) is 0 Å². The van der Waals surface area contributed by atoms with E-state index in [0.29, 0.717) is 0 Å². The van der Waals surface area contributed by atoms with Gasteiger partial charge in [0.2, 0.25) is 5.91 Å². The summed E-state index contributed by atoms with van der Waals surface area (Å²) in [6, 6.07) is -1.18. The molecule has 6 atom stereocenters. The number of ether oxygens (including phenoxy) is 2. The highest BCUT2D eigenvalue weighted by Gasteiger charge is 2.55. The Morgan fingerprint density at radius 1 is 1.45 bits per heavy atom. The summed E-state index contributed by atoms with van der Waals surface area (Å²) in [6.45, 7) is 0.338. The first-order valence-electron chi connectivity index (χ1n) is 6.57. The lowest BCUT2D eigenvalue weighted by molar-refractivity contribution is -0.303. The Bertz CT molecular complexity index is 417. The first-order valence-corrected chi connectivity index (χ1v) is 6.57. The van der Waals surface area contributed by atoms with E-state index in [1.54, 1.807) is 0 Å². The lowest BCUT2D eigenvalue weighted by atomic mass is 9.88. The second-order valence-electron chi connectivity index (χ2n) is 5.08. The Kier molecular flexibility index (Phi) is 6.23. The lowest BCUT2D eigenvalue weighted by Gasteiger charge is -2.46. The average Bonchev–Trinajstić information content (AvgIpc) is 2.46. The van der Waals surface area contributed by atoms with Crippen molar-refractivity contribution in [3.8, 4) is 0 Å². The molecule has 0 aliphatic carbocycles. The van der Waals surface area contributed by atoms with Crippen LogP contribution in [0, 0.1) is 0 Å². The van der Waals surface area contributed by atoms with Crippen molar-refractivity contribution in [3.63, 3.8) is 0 Å². The summed E-state index contributed by atoms with van der Waals surface area (Å²) in [5, 5.41) is 50.1. The molecule has 10 heteroatoms. The third kappa shape index (κ3) is 3.72. The summed E-state index contributed by atoms with van der Waals surface area (Å²) >= 11 is 0. The number of hydrogen-bond donors (Lipinski definition) is 6. The van der Waals surface area contributed by atoms with Crippen molar-refractivity contribution in [1.29, 1.82) is 0 Å². The van der Waals surface area contributed by atoms with Crippen molar-refractivity contribution in [2.45, 2.75) is 49.6 Å². The van der Waals surface area contributed by atoms with E-state index in [0.717, 1.165) is 14.0 Å². The number of rotatable bonds is 6. The lowest BCUT2D eigenvalue weighted by Crippen LogP contribution is -2.67. The van der Waals surface area contributed by atoms with E-state index in [2.05, 4.69) is 5.32 Å². The SMILES string of the molecule is COC1(C(=O)O)C[C@H](O)[C@@H](NC(C)=O)[C@H]([C@H](O)[C@H](O)CO)O1. The molecule has 0 spiro atoms. The molecule has 0 aromatic heterocycles. The second kappa shape index (κ2) is 7.31. The smallest absolute Gasteiger partial charge is 0.364 e. The van der Waals surface area contributed by atoms with Gasteiger partial charge in [-0.1, -0.05) is 0 Å². The van der Waals surface area contributed by atoms with Crippen LogP contribution in [0.4, 0.5) is 0 Å². The Hall–Kier alpha value is -1.30. The summed E-state index contributed by atoms with van der Waals surface area (Å²) < 4.78 is 10.0. The van der Waals surface area contributed by atoms with E-state index in [4.69, 9.17) is 14.6 Å². The van der Waals surface area contributed by atoms with Gasteiger partial charge in [-0.25, -0.2) is 4.79 Å². The molecule has 0 aromatic rings. The van der Waals surface area contributed by atoms with Gasteiger partial charge in [0.15, 0.2) is 0 Å². The van der Waals surface area contributed by atoms with Gasteiger partial charge in [-0.3, -0.25) is 4.79 Å². The van der Waals surface area contributed by atoms with Gasteiger partial charge < -0.3 is 40.3 Å². The van der Waals surface area contributed by atoms with Crippen LogP contribution in [0.1, 0.15) is 13.3 Å². The van der Waals surface area contributed by atoms with Crippen molar-refractivity contribution >= 4 is 11.9 Å². The Labute approximate surface area is 126 Å². The van der Waals surface area contributed by atoms with Crippen LogP contribution in [0.25, 0.3) is 0 Å². The molecule has 1 amide bonds. The predicted octanol–water partition coefficient (Wildman–Crippen LogP) is -3.22. The number of aliphatic hydroxyl groups excluding tert-OH is 4. The Morgan fingerprint density at radius 2 is 2.05 bits per heavy atom. The number of carbonyl (C=O) groups excluding carboxylic acids is 1. The third-order valence-corrected chi connectivity index (χ3v) is 3.52. The fraction of sp³-hybridized carbons (Fsp3) is 0.833. The topological polar surface area (TPSA) is 166 Å². The molecule has 0 radical (unpaired) electrons. The first kappa shape index (κ1) is 18.7. The van der Waals surface area contributed by atoms with Gasteiger partial charge in [-0.15, -0.1) is 0 Å². The van der Waals surface area contributed by atoms with E-state index in [1.807, 2.05) is 0 Å². The van der Waals surface area contributed by atoms with Crippen molar-refractivity contribution < 1.29 is 44.6 Å². The number of carbonyl (C=O) groups is 2. The van der Waals surface area contributed by atoms with Crippen molar-refractivity contribution in [1.82, 2.24) is 5.32 Å². The van der Waals surface area contributed by atoms with Gasteiger partial charge in [0.05, 0.1) is 18.8 Å². The molecule has 1 fully saturated rings. The largest absolute Gasteiger partial charge is 0.477 e. The summed E-state index contributed by atoms with van der Waals surface area (Å²) in [5.74, 6) is -4.33. The number of carboxylic acids is 1.